The van der Waals surface area contributed by atoms with E-state index in [4.69, 9.17) is 9.47 Å². The van der Waals surface area contributed by atoms with Crippen molar-refractivity contribution in [1.29, 1.82) is 0 Å². The average molecular weight is 289 g/mol. The first-order chi connectivity index (χ1) is 10.3. The van der Waals surface area contributed by atoms with Crippen molar-refractivity contribution in [2.24, 2.45) is 4.99 Å². The third-order valence-electron chi connectivity index (χ3n) is 4.29. The van der Waals surface area contributed by atoms with Crippen molar-refractivity contribution in [3.05, 3.63) is 29.8 Å². The SMILES string of the molecule is CN=C(NCc1ccccc1OC)NC1CC2CCC1O2. The number of nitrogens with one attached hydrogen (secondary N) is 2. The molecule has 2 N–H and O–H groups in total. The number of benzene rings is 1. The molecule has 2 saturated heterocycles. The van der Waals surface area contributed by atoms with Crippen LogP contribution in [0.5, 0.6) is 5.75 Å². The fraction of sp³-hybridized carbons (Fsp3) is 0.562. The smallest absolute Gasteiger partial charge is 0.191 e. The number of hydrogen-bond acceptors (Lipinski definition) is 3. The molecule has 1 aromatic carbocycles. The molecular formula is C16H23N3O2. The molecular weight excluding hydrogens is 266 g/mol. The molecule has 114 valence electrons. The van der Waals surface area contributed by atoms with Crippen molar-refractivity contribution < 1.29 is 9.47 Å². The summed E-state index contributed by atoms with van der Waals surface area (Å²) in [7, 11) is 3.49. The van der Waals surface area contributed by atoms with E-state index in [1.54, 1.807) is 14.2 Å². The highest BCUT2D eigenvalue weighted by atomic mass is 16.5. The highest BCUT2D eigenvalue weighted by Gasteiger charge is 2.41. The van der Waals surface area contributed by atoms with Crippen LogP contribution in [0.15, 0.2) is 29.3 Å². The zero-order chi connectivity index (χ0) is 14.7. The van der Waals surface area contributed by atoms with Crippen LogP contribution in [0.3, 0.4) is 0 Å². The third-order valence-corrected chi connectivity index (χ3v) is 4.29. The van der Waals surface area contributed by atoms with Gasteiger partial charge < -0.3 is 20.1 Å². The van der Waals surface area contributed by atoms with E-state index in [2.05, 4.69) is 21.7 Å². The van der Waals surface area contributed by atoms with E-state index in [1.807, 2.05) is 18.2 Å². The summed E-state index contributed by atoms with van der Waals surface area (Å²) >= 11 is 0. The lowest BCUT2D eigenvalue weighted by Gasteiger charge is -2.22. The van der Waals surface area contributed by atoms with Gasteiger partial charge in [0.25, 0.3) is 0 Å². The highest BCUT2D eigenvalue weighted by Crippen LogP contribution is 2.34. The number of nitrogens with zero attached hydrogens (tertiary/aromatic N) is 1. The Balaban J connectivity index is 1.55. The molecule has 1 aromatic rings. The molecule has 0 amide bonds. The zero-order valence-electron chi connectivity index (χ0n) is 12.6. The summed E-state index contributed by atoms with van der Waals surface area (Å²) in [5.74, 6) is 1.71. The monoisotopic (exact) mass is 289 g/mol. The zero-order valence-corrected chi connectivity index (χ0v) is 12.6. The number of methoxy groups -OCH3 is 1. The molecule has 0 radical (unpaired) electrons. The van der Waals surface area contributed by atoms with E-state index < -0.39 is 0 Å². The van der Waals surface area contributed by atoms with Gasteiger partial charge in [-0.25, -0.2) is 0 Å². The molecule has 0 aromatic heterocycles. The summed E-state index contributed by atoms with van der Waals surface area (Å²) in [4.78, 5) is 4.30. The molecule has 3 unspecified atom stereocenters. The van der Waals surface area contributed by atoms with Crippen LogP contribution in [0.4, 0.5) is 0 Å². The van der Waals surface area contributed by atoms with E-state index >= 15 is 0 Å². The first-order valence-corrected chi connectivity index (χ1v) is 7.54. The largest absolute Gasteiger partial charge is 0.496 e. The van der Waals surface area contributed by atoms with Crippen LogP contribution < -0.4 is 15.4 Å². The number of fused-ring (bicyclic) bond motifs is 2. The molecule has 2 aliphatic rings. The van der Waals surface area contributed by atoms with Gasteiger partial charge in [0.2, 0.25) is 0 Å². The number of rotatable bonds is 4. The van der Waals surface area contributed by atoms with Gasteiger partial charge in [-0.1, -0.05) is 18.2 Å². The second kappa shape index (κ2) is 6.35. The molecule has 2 heterocycles. The van der Waals surface area contributed by atoms with Crippen molar-refractivity contribution >= 4 is 5.96 Å². The molecule has 5 nitrogen and oxygen atoms in total. The number of hydrogen-bond donors (Lipinski definition) is 2. The molecule has 2 aliphatic heterocycles. The minimum Gasteiger partial charge on any atom is -0.496 e. The summed E-state index contributed by atoms with van der Waals surface area (Å²) in [5, 5.41) is 6.83. The Hall–Kier alpha value is -1.75. The third kappa shape index (κ3) is 3.13. The summed E-state index contributed by atoms with van der Waals surface area (Å²) in [6.45, 7) is 0.686. The van der Waals surface area contributed by atoms with Gasteiger partial charge in [-0.2, -0.15) is 0 Å². The van der Waals surface area contributed by atoms with Crippen molar-refractivity contribution in [3.63, 3.8) is 0 Å². The van der Waals surface area contributed by atoms with Crippen LogP contribution in [0, 0.1) is 0 Å². The van der Waals surface area contributed by atoms with Gasteiger partial charge in [0.05, 0.1) is 25.4 Å². The number of para-hydroxylation sites is 1. The number of aliphatic imine (C=N–C) groups is 1. The van der Waals surface area contributed by atoms with Crippen molar-refractivity contribution in [2.45, 2.75) is 44.1 Å². The van der Waals surface area contributed by atoms with Crippen LogP contribution in [0.25, 0.3) is 0 Å². The van der Waals surface area contributed by atoms with Gasteiger partial charge in [0, 0.05) is 19.2 Å². The second-order valence-electron chi connectivity index (χ2n) is 5.60. The van der Waals surface area contributed by atoms with Gasteiger partial charge in [0.15, 0.2) is 5.96 Å². The minimum atomic E-state index is 0.347. The molecule has 21 heavy (non-hydrogen) atoms. The Labute approximate surface area is 125 Å². The Morgan fingerprint density at radius 2 is 2.24 bits per heavy atom. The Bertz CT molecular complexity index is 518. The predicted octanol–water partition coefficient (Wildman–Crippen LogP) is 1.68. The molecule has 0 spiro atoms. The highest BCUT2D eigenvalue weighted by molar-refractivity contribution is 5.80. The lowest BCUT2D eigenvalue weighted by Crippen LogP contribution is -2.47. The van der Waals surface area contributed by atoms with Gasteiger partial charge in [-0.15, -0.1) is 0 Å². The summed E-state index contributed by atoms with van der Waals surface area (Å²) in [6.07, 6.45) is 4.24. The summed E-state index contributed by atoms with van der Waals surface area (Å²) in [5.41, 5.74) is 1.12. The lowest BCUT2D eigenvalue weighted by molar-refractivity contribution is 0.0992. The lowest BCUT2D eigenvalue weighted by atomic mass is 9.96. The molecule has 3 rings (SSSR count). The maximum Gasteiger partial charge on any atom is 0.191 e. The quantitative estimate of drug-likeness (QED) is 0.654. The van der Waals surface area contributed by atoms with Crippen molar-refractivity contribution in [1.82, 2.24) is 10.6 Å². The van der Waals surface area contributed by atoms with Gasteiger partial charge in [-0.05, 0) is 25.3 Å². The fourth-order valence-electron chi connectivity index (χ4n) is 3.19. The van der Waals surface area contributed by atoms with Crippen LogP contribution in [-0.2, 0) is 11.3 Å². The van der Waals surface area contributed by atoms with Crippen LogP contribution in [0.1, 0.15) is 24.8 Å². The van der Waals surface area contributed by atoms with Crippen LogP contribution >= 0.6 is 0 Å². The first kappa shape index (κ1) is 14.2. The van der Waals surface area contributed by atoms with E-state index in [-0.39, 0.29) is 0 Å². The standard InChI is InChI=1S/C16H23N3O2/c1-17-16(19-13-9-12-7-8-15(13)21-12)18-10-11-5-3-4-6-14(11)20-2/h3-6,12-13,15H,7-10H2,1-2H3,(H2,17,18,19). The Morgan fingerprint density at radius 3 is 2.90 bits per heavy atom. The molecule has 0 saturated carbocycles. The van der Waals surface area contributed by atoms with Crippen molar-refractivity contribution in [2.75, 3.05) is 14.2 Å². The molecule has 0 aliphatic carbocycles. The Morgan fingerprint density at radius 1 is 1.38 bits per heavy atom. The number of ether oxygens (including phenoxy) is 2. The predicted molar refractivity (Wildman–Crippen MR) is 82.6 cm³/mol. The van der Waals surface area contributed by atoms with E-state index in [0.717, 1.165) is 30.1 Å². The Kier molecular flexibility index (Phi) is 4.29. The molecule has 3 atom stereocenters. The fourth-order valence-corrected chi connectivity index (χ4v) is 3.19. The maximum absolute atomic E-state index is 5.86. The number of guanidine groups is 1. The van der Waals surface area contributed by atoms with Crippen LogP contribution in [0.2, 0.25) is 0 Å². The van der Waals surface area contributed by atoms with E-state index in [1.165, 1.54) is 6.42 Å². The van der Waals surface area contributed by atoms with Gasteiger partial charge in [0.1, 0.15) is 5.75 Å². The van der Waals surface area contributed by atoms with E-state index in [9.17, 15) is 0 Å². The summed E-state index contributed by atoms with van der Waals surface area (Å²) in [6, 6.07) is 8.39. The van der Waals surface area contributed by atoms with Crippen molar-refractivity contribution in [3.8, 4) is 5.75 Å². The van der Waals surface area contributed by atoms with Gasteiger partial charge >= 0.3 is 0 Å². The summed E-state index contributed by atoms with van der Waals surface area (Å²) < 4.78 is 11.2. The topological polar surface area (TPSA) is 54.9 Å². The second-order valence-corrected chi connectivity index (χ2v) is 5.60. The molecule has 5 heteroatoms. The normalized spacial score (nSPS) is 27.7. The maximum atomic E-state index is 5.86. The molecule has 2 bridgehead atoms. The average Bonchev–Trinajstić information content (AvgIpc) is 3.14. The molecule has 2 fully saturated rings. The van der Waals surface area contributed by atoms with Crippen LogP contribution in [-0.4, -0.2) is 38.4 Å². The minimum absolute atomic E-state index is 0.347. The van der Waals surface area contributed by atoms with E-state index in [0.29, 0.717) is 24.8 Å². The first-order valence-electron chi connectivity index (χ1n) is 7.54. The van der Waals surface area contributed by atoms with Gasteiger partial charge in [-0.3, -0.25) is 4.99 Å².